The second kappa shape index (κ2) is 10.9. The van der Waals surface area contributed by atoms with Crippen LogP contribution >= 0.6 is 7.26 Å². The van der Waals surface area contributed by atoms with Crippen LogP contribution < -0.4 is 0 Å². The van der Waals surface area contributed by atoms with Gasteiger partial charge in [-0.25, -0.2) is 0 Å². The molecule has 0 heterocycles. The van der Waals surface area contributed by atoms with Crippen LogP contribution in [0, 0.1) is 0 Å². The first-order valence-corrected chi connectivity index (χ1v) is 10.8. The Morgan fingerprint density at radius 3 is 0.737 bits per heavy atom. The summed E-state index contributed by atoms with van der Waals surface area (Å²) in [5.41, 5.74) is 0. The van der Waals surface area contributed by atoms with Gasteiger partial charge in [0.05, 0.1) is 24.6 Å². The van der Waals surface area contributed by atoms with Crippen molar-refractivity contribution >= 4 is 28.1 Å². The minimum atomic E-state index is -4.67. The van der Waals surface area contributed by atoms with Crippen molar-refractivity contribution in [1.82, 2.24) is 0 Å². The van der Waals surface area contributed by atoms with Crippen molar-refractivity contribution in [2.45, 2.75) is 27.7 Å². The molecule has 0 aliphatic rings. The van der Waals surface area contributed by atoms with E-state index >= 15 is 0 Å². The van der Waals surface area contributed by atoms with Crippen LogP contribution in [-0.4, -0.2) is 59.7 Å². The van der Waals surface area contributed by atoms with Crippen LogP contribution in [0.25, 0.3) is 0 Å². The third kappa shape index (κ3) is 32.1. The predicted molar refractivity (Wildman–Crippen MR) is 77.4 cm³/mol. The molecule has 120 valence electrons. The van der Waals surface area contributed by atoms with Crippen LogP contribution in [-0.2, 0) is 20.8 Å². The van der Waals surface area contributed by atoms with Crippen molar-refractivity contribution in [2.75, 3.05) is 24.6 Å². The summed E-state index contributed by atoms with van der Waals surface area (Å²) in [7, 11) is -9.75. The van der Waals surface area contributed by atoms with Crippen LogP contribution in [0.4, 0.5) is 0 Å². The molecule has 8 nitrogen and oxygen atoms in total. The Balaban J connectivity index is -0.000000219. The molecule has 0 aromatic carbocycles. The van der Waals surface area contributed by atoms with E-state index in [0.717, 1.165) is 0 Å². The maximum absolute atomic E-state index is 8.74. The third-order valence-electron chi connectivity index (χ3n) is 2.68. The number of hydrogen-bond donors (Lipinski definition) is 4. The van der Waals surface area contributed by atoms with Gasteiger partial charge in [0, 0.05) is 7.26 Å². The van der Waals surface area contributed by atoms with Crippen LogP contribution in [0.15, 0.2) is 0 Å². The van der Waals surface area contributed by atoms with Crippen molar-refractivity contribution in [3.8, 4) is 0 Å². The topological polar surface area (TPSA) is 149 Å². The van der Waals surface area contributed by atoms with Gasteiger partial charge < -0.3 is 0 Å². The van der Waals surface area contributed by atoms with Gasteiger partial charge in [0.2, 0.25) is 0 Å². The van der Waals surface area contributed by atoms with E-state index in [2.05, 4.69) is 27.7 Å². The Morgan fingerprint density at radius 2 is 0.737 bits per heavy atom. The van der Waals surface area contributed by atoms with E-state index in [1.54, 1.807) is 0 Å². The van der Waals surface area contributed by atoms with E-state index < -0.39 is 28.1 Å². The summed E-state index contributed by atoms with van der Waals surface area (Å²) >= 11 is 0. The summed E-state index contributed by atoms with van der Waals surface area (Å²) in [6, 6.07) is 0. The lowest BCUT2D eigenvalue weighted by Gasteiger charge is -2.20. The van der Waals surface area contributed by atoms with Gasteiger partial charge >= 0.3 is 20.8 Å². The molecule has 0 aliphatic carbocycles. The van der Waals surface area contributed by atoms with E-state index in [4.69, 9.17) is 35.0 Å². The molecule has 0 radical (unpaired) electrons. The average Bonchev–Trinajstić information content (AvgIpc) is 2.17. The molecule has 0 spiro atoms. The van der Waals surface area contributed by atoms with E-state index in [-0.39, 0.29) is 0 Å². The summed E-state index contributed by atoms with van der Waals surface area (Å²) in [4.78, 5) is 0. The SMILES string of the molecule is CC[P+](CC)(CC)CC.O=S(=O)(O)O.O=S(=O)(O)O. The fraction of sp³-hybridized carbons (Fsp3) is 1.00. The fourth-order valence-electron chi connectivity index (χ4n) is 1.34. The van der Waals surface area contributed by atoms with Crippen LogP contribution in [0.1, 0.15) is 27.7 Å². The van der Waals surface area contributed by atoms with Crippen molar-refractivity contribution < 1.29 is 35.0 Å². The Kier molecular flexibility index (Phi) is 13.9. The first-order chi connectivity index (χ1) is 8.24. The molecule has 0 unspecified atom stereocenters. The highest BCUT2D eigenvalue weighted by Crippen LogP contribution is 2.57. The Morgan fingerprint density at radius 1 is 0.632 bits per heavy atom. The van der Waals surface area contributed by atoms with Gasteiger partial charge in [-0.1, -0.05) is 0 Å². The summed E-state index contributed by atoms with van der Waals surface area (Å²) in [6.07, 6.45) is 5.82. The number of rotatable bonds is 4. The lowest BCUT2D eigenvalue weighted by Crippen LogP contribution is -2.04. The standard InChI is InChI=1S/C8H20P.2H2O4S/c1-5-9(6-2,7-3)8-4;2*1-5(2,3)4/h5-8H2,1-4H3;2*(H2,1,2,3,4)/q+1;;. The van der Waals surface area contributed by atoms with Crippen LogP contribution in [0.2, 0.25) is 0 Å². The van der Waals surface area contributed by atoms with Gasteiger partial charge in [0.1, 0.15) is 0 Å². The van der Waals surface area contributed by atoms with Gasteiger partial charge in [-0.3, -0.25) is 18.2 Å². The molecule has 0 aromatic rings. The zero-order chi connectivity index (χ0) is 16.3. The second-order valence-electron chi connectivity index (χ2n) is 3.50. The van der Waals surface area contributed by atoms with E-state index in [1.807, 2.05) is 0 Å². The lowest BCUT2D eigenvalue weighted by atomic mass is 10.9. The molecule has 0 rings (SSSR count). The molecule has 0 fully saturated rings. The minimum absolute atomic E-state index is 0.420. The molecule has 0 atom stereocenters. The van der Waals surface area contributed by atoms with Gasteiger partial charge in [-0.2, -0.15) is 16.8 Å². The largest absolute Gasteiger partial charge is 0.394 e. The average molecular weight is 343 g/mol. The van der Waals surface area contributed by atoms with Crippen LogP contribution in [0.3, 0.4) is 0 Å². The van der Waals surface area contributed by atoms with Crippen molar-refractivity contribution in [3.05, 3.63) is 0 Å². The highest BCUT2D eigenvalue weighted by atomic mass is 32.3. The molecule has 11 heteroatoms. The molecule has 0 saturated carbocycles. The monoisotopic (exact) mass is 343 g/mol. The smallest absolute Gasteiger partial charge is 0.264 e. The highest BCUT2D eigenvalue weighted by Gasteiger charge is 2.27. The van der Waals surface area contributed by atoms with E-state index in [0.29, 0.717) is 0 Å². The first kappa shape index (κ1) is 24.2. The molecule has 0 amide bonds. The summed E-state index contributed by atoms with van der Waals surface area (Å²) < 4.78 is 63.2. The summed E-state index contributed by atoms with van der Waals surface area (Å²) in [6.45, 7) is 9.41. The third-order valence-corrected chi connectivity index (χ3v) is 8.05. The molecule has 4 N–H and O–H groups in total. The maximum Gasteiger partial charge on any atom is 0.394 e. The normalized spacial score (nSPS) is 11.8. The zero-order valence-electron chi connectivity index (χ0n) is 11.5. The second-order valence-corrected chi connectivity index (χ2v) is 10.5. The van der Waals surface area contributed by atoms with Crippen LogP contribution in [0.5, 0.6) is 0 Å². The quantitative estimate of drug-likeness (QED) is 0.445. The molecule has 19 heavy (non-hydrogen) atoms. The van der Waals surface area contributed by atoms with Gasteiger partial charge in [-0.15, -0.1) is 0 Å². The first-order valence-electron chi connectivity index (χ1n) is 5.49. The van der Waals surface area contributed by atoms with Crippen molar-refractivity contribution in [2.24, 2.45) is 0 Å². The highest BCUT2D eigenvalue weighted by molar-refractivity contribution is 7.80. The maximum atomic E-state index is 8.74. The Bertz CT molecular complexity index is 335. The van der Waals surface area contributed by atoms with Crippen molar-refractivity contribution in [3.63, 3.8) is 0 Å². The summed E-state index contributed by atoms with van der Waals surface area (Å²) in [5, 5.41) is 0. The molecule has 0 saturated heterocycles. The van der Waals surface area contributed by atoms with E-state index in [9.17, 15) is 0 Å². The van der Waals surface area contributed by atoms with E-state index in [1.165, 1.54) is 24.6 Å². The lowest BCUT2D eigenvalue weighted by molar-refractivity contribution is 0.378. The number of hydrogen-bond acceptors (Lipinski definition) is 4. The fourth-order valence-corrected chi connectivity index (χ4v) is 4.02. The molecular formula is C8H24O8PS2+. The molecule has 0 aromatic heterocycles. The zero-order valence-corrected chi connectivity index (χ0v) is 14.0. The Hall–Kier alpha value is 0.170. The Labute approximate surface area is 116 Å². The molecule has 0 aliphatic heterocycles. The molecule has 0 bridgehead atoms. The van der Waals surface area contributed by atoms with Gasteiger partial charge in [0.25, 0.3) is 0 Å². The predicted octanol–water partition coefficient (Wildman–Crippen LogP) is 1.78. The van der Waals surface area contributed by atoms with Gasteiger partial charge in [0.15, 0.2) is 0 Å². The minimum Gasteiger partial charge on any atom is -0.264 e. The molecular weight excluding hydrogens is 319 g/mol. The van der Waals surface area contributed by atoms with Gasteiger partial charge in [-0.05, 0) is 27.7 Å². The van der Waals surface area contributed by atoms with Crippen molar-refractivity contribution in [1.29, 1.82) is 0 Å². The summed E-state index contributed by atoms with van der Waals surface area (Å²) in [5.74, 6) is 0.